The van der Waals surface area contributed by atoms with Crippen molar-refractivity contribution in [3.63, 3.8) is 0 Å². The van der Waals surface area contributed by atoms with Crippen LogP contribution in [0.3, 0.4) is 0 Å². The van der Waals surface area contributed by atoms with Gasteiger partial charge in [-0.05, 0) is 56.1 Å². The molecule has 2 aliphatic heterocycles. The van der Waals surface area contributed by atoms with Crippen LogP contribution in [0.4, 0.5) is 5.69 Å². The SMILES string of the molecule is CC.CP(C)(C)=C(C(=O)OCc1ccc([N+](=O)[O-])cc1)N1C(=O)C(NC(=O)Cc2ccccc2)C1SCC(=O)C1CCCO1. The Bertz CT molecular complexity index is 1400. The van der Waals surface area contributed by atoms with Gasteiger partial charge in [-0.3, -0.25) is 29.4 Å². The summed E-state index contributed by atoms with van der Waals surface area (Å²) in [6.07, 6.45) is 1.04. The quantitative estimate of drug-likeness (QED) is 0.119. The topological polar surface area (TPSA) is 145 Å². The highest BCUT2D eigenvalue weighted by atomic mass is 32.2. The first-order valence-corrected chi connectivity index (χ1v) is 18.7. The molecule has 11 nitrogen and oxygen atoms in total. The minimum atomic E-state index is -2.18. The molecule has 2 amide bonds. The summed E-state index contributed by atoms with van der Waals surface area (Å²) in [5, 5.41) is 13.0. The lowest BCUT2D eigenvalue weighted by Gasteiger charge is -2.48. The number of benzene rings is 2. The molecule has 2 heterocycles. The molecule has 1 N–H and O–H groups in total. The molecule has 2 fully saturated rings. The number of hydrogen-bond donors (Lipinski definition) is 1. The Hall–Kier alpha value is -3.47. The number of β-lactam (4-membered cyclic amide) rings is 1. The number of esters is 1. The second kappa shape index (κ2) is 16.0. The molecule has 2 aliphatic rings. The molecule has 0 spiro atoms. The van der Waals surface area contributed by atoms with Gasteiger partial charge in [-0.2, -0.15) is 0 Å². The van der Waals surface area contributed by atoms with E-state index in [4.69, 9.17) is 9.47 Å². The van der Waals surface area contributed by atoms with Gasteiger partial charge in [-0.15, -0.1) is 11.8 Å². The zero-order valence-electron chi connectivity index (χ0n) is 25.7. The molecule has 0 aromatic heterocycles. The average molecular weight is 646 g/mol. The van der Waals surface area contributed by atoms with Crippen LogP contribution in [0.15, 0.2) is 54.6 Å². The maximum absolute atomic E-state index is 13.5. The van der Waals surface area contributed by atoms with Gasteiger partial charge in [0.2, 0.25) is 5.91 Å². The summed E-state index contributed by atoms with van der Waals surface area (Å²) in [6.45, 7) is 7.84. The largest absolute Gasteiger partial charge is 0.456 e. The molecule has 3 unspecified atom stereocenters. The van der Waals surface area contributed by atoms with Crippen molar-refractivity contribution in [1.82, 2.24) is 10.2 Å². The monoisotopic (exact) mass is 645 g/mol. The maximum atomic E-state index is 13.5. The normalized spacial score (nSPS) is 19.2. The van der Waals surface area contributed by atoms with E-state index in [1.165, 1.54) is 40.9 Å². The van der Waals surface area contributed by atoms with Gasteiger partial charge in [-0.25, -0.2) is 4.79 Å². The van der Waals surface area contributed by atoms with Crippen LogP contribution in [-0.2, 0) is 41.7 Å². The number of amides is 2. The van der Waals surface area contributed by atoms with Gasteiger partial charge in [0.25, 0.3) is 11.6 Å². The highest BCUT2D eigenvalue weighted by molar-refractivity contribution is 8.00. The summed E-state index contributed by atoms with van der Waals surface area (Å²) >= 11 is 1.19. The summed E-state index contributed by atoms with van der Waals surface area (Å²) in [4.78, 5) is 64.5. The number of nitrogens with zero attached hydrogens (tertiary/aromatic N) is 2. The molecule has 13 heteroatoms. The molecule has 44 heavy (non-hydrogen) atoms. The molecule has 2 aromatic carbocycles. The number of nitro benzene ring substituents is 1. The fraction of sp³-hybridized carbons (Fsp3) is 0.452. The summed E-state index contributed by atoms with van der Waals surface area (Å²) in [7, 11) is 0. The second-order valence-corrected chi connectivity index (χ2v) is 16.5. The minimum absolute atomic E-state index is 0.0535. The van der Waals surface area contributed by atoms with Crippen LogP contribution >= 0.6 is 18.6 Å². The number of nitro groups is 1. The zero-order chi connectivity index (χ0) is 32.4. The molecule has 238 valence electrons. The van der Waals surface area contributed by atoms with Gasteiger partial charge in [0.15, 0.2) is 5.78 Å². The first-order valence-electron chi connectivity index (χ1n) is 14.5. The zero-order valence-corrected chi connectivity index (χ0v) is 27.4. The lowest BCUT2D eigenvalue weighted by atomic mass is 10.1. The highest BCUT2D eigenvalue weighted by Crippen LogP contribution is 2.42. The standard InChI is InChI=1S/C29H34N3O8PS.C2H6/c1-41(2,3)27(29(36)40-17-20-11-13-21(14-12-20)32(37)38)31-26(35)25(30-24(34)16-19-8-5-4-6-9-19)28(31)42-18-22(33)23-10-7-15-39-23;1-2/h4-6,8-9,11-14,23,25,28H,7,10,15-18H2,1-3H3,(H,30,34);1-2H3. The van der Waals surface area contributed by atoms with Crippen LogP contribution in [0.25, 0.3) is 0 Å². The van der Waals surface area contributed by atoms with Crippen LogP contribution in [0.2, 0.25) is 0 Å². The predicted molar refractivity (Wildman–Crippen MR) is 173 cm³/mol. The van der Waals surface area contributed by atoms with Gasteiger partial charge in [0.05, 0.1) is 17.1 Å². The molecule has 0 bridgehead atoms. The van der Waals surface area contributed by atoms with Gasteiger partial charge in [0, 0.05) is 18.7 Å². The van der Waals surface area contributed by atoms with Gasteiger partial charge in [-0.1, -0.05) is 51.1 Å². The number of non-ortho nitro benzene ring substituents is 1. The molecule has 0 radical (unpaired) electrons. The fourth-order valence-electron chi connectivity index (χ4n) is 4.71. The Kier molecular flexibility index (Phi) is 12.7. The van der Waals surface area contributed by atoms with Crippen molar-refractivity contribution in [2.45, 2.75) is 57.2 Å². The Morgan fingerprint density at radius 1 is 1.07 bits per heavy atom. The number of Topliss-reactive ketones (excluding diaryl/α,β-unsaturated/α-hetero) is 1. The van der Waals surface area contributed by atoms with Gasteiger partial charge in [0.1, 0.15) is 29.5 Å². The van der Waals surface area contributed by atoms with E-state index in [0.29, 0.717) is 18.6 Å². The number of ether oxygens (including phenoxy) is 2. The summed E-state index contributed by atoms with van der Waals surface area (Å²) in [5.74, 6) is -1.52. The summed E-state index contributed by atoms with van der Waals surface area (Å²) in [5.41, 5.74) is 1.46. The van der Waals surface area contributed by atoms with E-state index in [9.17, 15) is 29.3 Å². The van der Waals surface area contributed by atoms with E-state index < -0.39 is 41.2 Å². The second-order valence-electron chi connectivity index (χ2n) is 10.9. The Morgan fingerprint density at radius 3 is 2.30 bits per heavy atom. The number of ketones is 1. The van der Waals surface area contributed by atoms with Crippen LogP contribution in [0.1, 0.15) is 37.8 Å². The predicted octanol–water partition coefficient (Wildman–Crippen LogP) is 4.08. The number of carbonyl (C=O) groups excluding carboxylic acids is 4. The third-order valence-electron chi connectivity index (χ3n) is 6.82. The molecular formula is C31H40N3O8PS. The van der Waals surface area contributed by atoms with Crippen molar-refractivity contribution in [1.29, 1.82) is 0 Å². The minimum Gasteiger partial charge on any atom is -0.456 e. The van der Waals surface area contributed by atoms with Crippen LogP contribution in [0, 0.1) is 10.1 Å². The van der Waals surface area contributed by atoms with E-state index in [1.54, 1.807) is 0 Å². The van der Waals surface area contributed by atoms with E-state index in [2.05, 4.69) is 5.32 Å². The van der Waals surface area contributed by atoms with Crippen molar-refractivity contribution in [3.05, 3.63) is 75.8 Å². The lowest BCUT2D eigenvalue weighted by molar-refractivity contribution is -0.384. The van der Waals surface area contributed by atoms with Gasteiger partial charge >= 0.3 is 5.97 Å². The average Bonchev–Trinajstić information content (AvgIpc) is 3.55. The summed E-state index contributed by atoms with van der Waals surface area (Å²) in [6, 6.07) is 13.9. The number of likely N-dealkylation sites (tertiary alicyclic amines) is 1. The first kappa shape index (κ1) is 35.0. The van der Waals surface area contributed by atoms with Crippen LogP contribution in [0.5, 0.6) is 0 Å². The molecule has 4 rings (SSSR count). The lowest BCUT2D eigenvalue weighted by Crippen LogP contribution is -2.72. The van der Waals surface area contributed by atoms with Crippen molar-refractivity contribution >= 4 is 53.3 Å². The summed E-state index contributed by atoms with van der Waals surface area (Å²) < 4.78 is 11.1. The van der Waals surface area contributed by atoms with Crippen LogP contribution in [-0.4, -0.2) is 88.7 Å². The van der Waals surface area contributed by atoms with E-state index in [-0.39, 0.29) is 41.6 Å². The number of thioether (sulfide) groups is 1. The van der Waals surface area contributed by atoms with Crippen molar-refractivity contribution in [3.8, 4) is 0 Å². The van der Waals surface area contributed by atoms with E-state index in [0.717, 1.165) is 12.0 Å². The van der Waals surface area contributed by atoms with Gasteiger partial charge < -0.3 is 14.8 Å². The molecule has 0 aliphatic carbocycles. The molecule has 2 aromatic rings. The molecule has 2 saturated heterocycles. The highest BCUT2D eigenvalue weighted by Gasteiger charge is 2.53. The Balaban J connectivity index is 0.00000259. The maximum Gasteiger partial charge on any atom is 0.355 e. The van der Waals surface area contributed by atoms with Crippen molar-refractivity contribution in [2.24, 2.45) is 0 Å². The molecule has 3 atom stereocenters. The van der Waals surface area contributed by atoms with Crippen molar-refractivity contribution < 1.29 is 33.6 Å². The molecular weight excluding hydrogens is 605 g/mol. The molecule has 0 saturated carbocycles. The Labute approximate surface area is 262 Å². The van der Waals surface area contributed by atoms with E-state index >= 15 is 0 Å². The number of rotatable bonds is 12. The fourth-order valence-corrected chi connectivity index (χ4v) is 7.53. The number of nitrogens with one attached hydrogen (secondary N) is 1. The Morgan fingerprint density at radius 2 is 1.73 bits per heavy atom. The third kappa shape index (κ3) is 9.03. The third-order valence-corrected chi connectivity index (χ3v) is 9.76. The number of hydrogen-bond acceptors (Lipinski definition) is 9. The first-order chi connectivity index (χ1) is 21.0. The smallest absolute Gasteiger partial charge is 0.355 e. The van der Waals surface area contributed by atoms with E-state index in [1.807, 2.05) is 64.2 Å². The van der Waals surface area contributed by atoms with Crippen molar-refractivity contribution in [2.75, 3.05) is 32.4 Å². The number of carbonyl (C=O) groups is 4. The van der Waals surface area contributed by atoms with Crippen LogP contribution < -0.4 is 5.32 Å².